The molecule has 0 unspecified atom stereocenters. The third-order valence-corrected chi connectivity index (χ3v) is 4.49. The topological polar surface area (TPSA) is 38.3 Å². The summed E-state index contributed by atoms with van der Waals surface area (Å²) < 4.78 is 6.80. The van der Waals surface area contributed by atoms with Crippen molar-refractivity contribution >= 4 is 55.1 Å². The Labute approximate surface area is 144 Å². The van der Waals surface area contributed by atoms with E-state index in [0.717, 1.165) is 10.0 Å². The molecule has 6 heteroatoms. The third kappa shape index (κ3) is 3.78. The molecular formula is C15H12Br2ClNO2. The number of carbonyl (C=O) groups excluding carboxylic acids is 1. The van der Waals surface area contributed by atoms with E-state index in [1.54, 1.807) is 18.2 Å². The molecule has 0 saturated heterocycles. The lowest BCUT2D eigenvalue weighted by Crippen LogP contribution is -2.13. The first kappa shape index (κ1) is 16.3. The summed E-state index contributed by atoms with van der Waals surface area (Å²) in [6.07, 6.45) is 0. The van der Waals surface area contributed by atoms with Crippen molar-refractivity contribution in [1.82, 2.24) is 0 Å². The number of halogens is 3. The Balaban J connectivity index is 2.35. The highest BCUT2D eigenvalue weighted by Crippen LogP contribution is 2.32. The molecule has 3 nitrogen and oxygen atoms in total. The molecule has 2 rings (SSSR count). The van der Waals surface area contributed by atoms with Gasteiger partial charge in [-0.2, -0.15) is 0 Å². The van der Waals surface area contributed by atoms with Crippen LogP contribution in [0.25, 0.3) is 0 Å². The van der Waals surface area contributed by atoms with Crippen LogP contribution in [0.15, 0.2) is 39.3 Å². The average Bonchev–Trinajstić information content (AvgIpc) is 2.45. The first-order valence-electron chi connectivity index (χ1n) is 6.03. The summed E-state index contributed by atoms with van der Waals surface area (Å²) in [5.74, 6) is 0.285. The van der Waals surface area contributed by atoms with E-state index in [9.17, 15) is 4.79 Å². The second kappa shape index (κ2) is 6.81. The highest BCUT2D eigenvalue weighted by atomic mass is 79.9. The van der Waals surface area contributed by atoms with Gasteiger partial charge < -0.3 is 10.1 Å². The van der Waals surface area contributed by atoms with E-state index in [0.29, 0.717) is 26.5 Å². The van der Waals surface area contributed by atoms with Gasteiger partial charge in [-0.3, -0.25) is 4.79 Å². The smallest absolute Gasteiger partial charge is 0.256 e. The van der Waals surface area contributed by atoms with Crippen LogP contribution in [0.3, 0.4) is 0 Å². The van der Waals surface area contributed by atoms with Crippen LogP contribution in [0.4, 0.5) is 5.69 Å². The van der Waals surface area contributed by atoms with Gasteiger partial charge in [-0.25, -0.2) is 0 Å². The van der Waals surface area contributed by atoms with E-state index in [-0.39, 0.29) is 5.91 Å². The Morgan fingerprint density at radius 1 is 1.24 bits per heavy atom. The summed E-state index contributed by atoms with van der Waals surface area (Å²) in [6.45, 7) is 1.87. The zero-order valence-corrected chi connectivity index (χ0v) is 15.3. The van der Waals surface area contributed by atoms with Crippen molar-refractivity contribution in [3.63, 3.8) is 0 Å². The van der Waals surface area contributed by atoms with Gasteiger partial charge in [-0.05, 0) is 52.7 Å². The summed E-state index contributed by atoms with van der Waals surface area (Å²) in [7, 11) is 1.53. The molecule has 110 valence electrons. The maximum atomic E-state index is 12.4. The molecule has 0 aromatic heterocycles. The number of ether oxygens (including phenoxy) is 1. The van der Waals surface area contributed by atoms with Crippen LogP contribution >= 0.6 is 43.5 Å². The van der Waals surface area contributed by atoms with Crippen LogP contribution in [-0.4, -0.2) is 13.0 Å². The minimum absolute atomic E-state index is 0.233. The fraction of sp³-hybridized carbons (Fsp3) is 0.133. The maximum Gasteiger partial charge on any atom is 0.256 e. The number of methoxy groups -OCH3 is 1. The SMILES string of the molecule is COc1cc(Cl)c(C)cc1NC(=O)c1cc(Br)ccc1Br. The Morgan fingerprint density at radius 3 is 2.62 bits per heavy atom. The van der Waals surface area contributed by atoms with Crippen LogP contribution in [0.5, 0.6) is 5.75 Å². The zero-order chi connectivity index (χ0) is 15.6. The summed E-state index contributed by atoms with van der Waals surface area (Å²) in [6, 6.07) is 8.87. The third-order valence-electron chi connectivity index (χ3n) is 2.90. The van der Waals surface area contributed by atoms with Crippen molar-refractivity contribution in [2.45, 2.75) is 6.92 Å². The van der Waals surface area contributed by atoms with Gasteiger partial charge in [0, 0.05) is 20.0 Å². The zero-order valence-electron chi connectivity index (χ0n) is 11.3. The molecule has 0 aliphatic heterocycles. The van der Waals surface area contributed by atoms with Gasteiger partial charge in [-0.15, -0.1) is 0 Å². The van der Waals surface area contributed by atoms with Crippen LogP contribution in [-0.2, 0) is 0 Å². The lowest BCUT2D eigenvalue weighted by molar-refractivity contribution is 0.102. The van der Waals surface area contributed by atoms with E-state index >= 15 is 0 Å². The van der Waals surface area contributed by atoms with Crippen molar-refractivity contribution in [2.75, 3.05) is 12.4 Å². The fourth-order valence-corrected chi connectivity index (χ4v) is 2.73. The van der Waals surface area contributed by atoms with E-state index in [4.69, 9.17) is 16.3 Å². The Kier molecular flexibility index (Phi) is 5.30. The lowest BCUT2D eigenvalue weighted by Gasteiger charge is -2.13. The number of anilines is 1. The van der Waals surface area contributed by atoms with Gasteiger partial charge in [0.15, 0.2) is 0 Å². The molecule has 1 amide bonds. The second-order valence-electron chi connectivity index (χ2n) is 4.38. The molecule has 0 aliphatic rings. The van der Waals surface area contributed by atoms with Gasteiger partial charge in [0.1, 0.15) is 5.75 Å². The molecule has 0 atom stereocenters. The number of aryl methyl sites for hydroxylation is 1. The van der Waals surface area contributed by atoms with Crippen molar-refractivity contribution < 1.29 is 9.53 Å². The van der Waals surface area contributed by atoms with Crippen molar-refractivity contribution in [1.29, 1.82) is 0 Å². The quantitative estimate of drug-likeness (QED) is 0.701. The summed E-state index contributed by atoms with van der Waals surface area (Å²) >= 11 is 12.8. The number of carbonyl (C=O) groups is 1. The molecule has 0 bridgehead atoms. The van der Waals surface area contributed by atoms with E-state index in [2.05, 4.69) is 37.2 Å². The molecule has 21 heavy (non-hydrogen) atoms. The molecule has 0 radical (unpaired) electrons. The number of hydrogen-bond donors (Lipinski definition) is 1. The average molecular weight is 434 g/mol. The molecule has 2 aromatic rings. The standard InChI is InChI=1S/C15H12Br2ClNO2/c1-8-5-13(14(21-2)7-12(8)18)19-15(20)10-6-9(16)3-4-11(10)17/h3-7H,1-2H3,(H,19,20). The predicted molar refractivity (Wildman–Crippen MR) is 92.5 cm³/mol. The predicted octanol–water partition coefficient (Wildman–Crippen LogP) is 5.43. The second-order valence-corrected chi connectivity index (χ2v) is 6.56. The van der Waals surface area contributed by atoms with Gasteiger partial charge >= 0.3 is 0 Å². The van der Waals surface area contributed by atoms with Crippen molar-refractivity contribution in [2.24, 2.45) is 0 Å². The number of rotatable bonds is 3. The first-order valence-corrected chi connectivity index (χ1v) is 7.99. The van der Waals surface area contributed by atoms with Gasteiger partial charge in [0.05, 0.1) is 18.4 Å². The molecule has 0 heterocycles. The fourth-order valence-electron chi connectivity index (χ4n) is 1.79. The highest BCUT2D eigenvalue weighted by Gasteiger charge is 2.14. The number of amides is 1. The van der Waals surface area contributed by atoms with Gasteiger partial charge in [0.25, 0.3) is 5.91 Å². The van der Waals surface area contributed by atoms with Crippen LogP contribution in [0.2, 0.25) is 5.02 Å². The molecule has 2 aromatic carbocycles. The van der Waals surface area contributed by atoms with Crippen LogP contribution in [0.1, 0.15) is 15.9 Å². The summed E-state index contributed by atoms with van der Waals surface area (Å²) in [5, 5.41) is 3.43. The van der Waals surface area contributed by atoms with Crippen LogP contribution in [0, 0.1) is 6.92 Å². The lowest BCUT2D eigenvalue weighted by atomic mass is 10.1. The maximum absolute atomic E-state index is 12.4. The Hall–Kier alpha value is -1.04. The molecule has 0 saturated carbocycles. The van der Waals surface area contributed by atoms with Crippen LogP contribution < -0.4 is 10.1 Å². The normalized spacial score (nSPS) is 10.3. The Morgan fingerprint density at radius 2 is 1.95 bits per heavy atom. The summed E-state index contributed by atoms with van der Waals surface area (Å²) in [5.41, 5.74) is 1.97. The van der Waals surface area contributed by atoms with Crippen molar-refractivity contribution in [3.8, 4) is 5.75 Å². The Bertz CT molecular complexity index is 704. The van der Waals surface area contributed by atoms with Crippen molar-refractivity contribution in [3.05, 3.63) is 55.4 Å². The molecule has 1 N–H and O–H groups in total. The molecule has 0 spiro atoms. The highest BCUT2D eigenvalue weighted by molar-refractivity contribution is 9.11. The molecule has 0 aliphatic carbocycles. The van der Waals surface area contributed by atoms with E-state index in [1.807, 2.05) is 19.1 Å². The monoisotopic (exact) mass is 431 g/mol. The largest absolute Gasteiger partial charge is 0.495 e. The number of nitrogens with one attached hydrogen (secondary N) is 1. The number of benzene rings is 2. The minimum Gasteiger partial charge on any atom is -0.495 e. The van der Waals surface area contributed by atoms with Gasteiger partial charge in [0.2, 0.25) is 0 Å². The molecule has 0 fully saturated rings. The van der Waals surface area contributed by atoms with E-state index in [1.165, 1.54) is 7.11 Å². The van der Waals surface area contributed by atoms with Gasteiger partial charge in [-0.1, -0.05) is 27.5 Å². The molecular weight excluding hydrogens is 421 g/mol. The number of hydrogen-bond acceptors (Lipinski definition) is 2. The van der Waals surface area contributed by atoms with E-state index < -0.39 is 0 Å². The summed E-state index contributed by atoms with van der Waals surface area (Å²) in [4.78, 5) is 12.4. The minimum atomic E-state index is -0.233. The first-order chi connectivity index (χ1) is 9.92.